The largest absolute Gasteiger partial charge is 0.385 e. The lowest BCUT2D eigenvalue weighted by atomic mass is 10.0. The molecule has 1 fully saturated rings. The third-order valence-electron chi connectivity index (χ3n) is 4.09. The van der Waals surface area contributed by atoms with Crippen LogP contribution in [0.15, 0.2) is 54.6 Å². The number of hydrogen-bond acceptors (Lipinski definition) is 4. The smallest absolute Gasteiger partial charge is 0.113 e. The van der Waals surface area contributed by atoms with Crippen LogP contribution in [-0.2, 0) is 11.3 Å². The maximum atomic E-state index is 10.5. The van der Waals surface area contributed by atoms with E-state index in [1.807, 2.05) is 18.2 Å². The second-order valence-corrected chi connectivity index (χ2v) is 6.12. The third-order valence-corrected chi connectivity index (χ3v) is 4.09. The maximum absolute atomic E-state index is 10.5. The van der Waals surface area contributed by atoms with E-state index in [0.717, 1.165) is 13.1 Å². The summed E-state index contributed by atoms with van der Waals surface area (Å²) >= 11 is 0. The molecule has 4 nitrogen and oxygen atoms in total. The minimum Gasteiger partial charge on any atom is -0.385 e. The van der Waals surface area contributed by atoms with E-state index < -0.39 is 5.60 Å². The van der Waals surface area contributed by atoms with Crippen LogP contribution in [0.3, 0.4) is 0 Å². The molecule has 122 valence electrons. The Kier molecular flexibility index (Phi) is 5.41. The van der Waals surface area contributed by atoms with Gasteiger partial charge in [-0.2, -0.15) is 0 Å². The predicted molar refractivity (Wildman–Crippen MR) is 92.2 cm³/mol. The maximum Gasteiger partial charge on any atom is 0.113 e. The van der Waals surface area contributed by atoms with Crippen molar-refractivity contribution in [3.05, 3.63) is 60.2 Å². The Bertz CT molecular complexity index is 591. The minimum atomic E-state index is -0.833. The number of benzene rings is 2. The van der Waals surface area contributed by atoms with Crippen LogP contribution >= 0.6 is 0 Å². The SMILES string of the molecule is O[C@@]1(CNCc2ccc(-c3ccccc3)cc2)CNCCOC1. The van der Waals surface area contributed by atoms with Gasteiger partial charge in [0.2, 0.25) is 0 Å². The van der Waals surface area contributed by atoms with Crippen LogP contribution < -0.4 is 10.6 Å². The lowest BCUT2D eigenvalue weighted by Crippen LogP contribution is -2.50. The first-order valence-corrected chi connectivity index (χ1v) is 8.11. The summed E-state index contributed by atoms with van der Waals surface area (Å²) in [6, 6.07) is 18.9. The summed E-state index contributed by atoms with van der Waals surface area (Å²) in [6.07, 6.45) is 0. The number of nitrogens with one attached hydrogen (secondary N) is 2. The van der Waals surface area contributed by atoms with Crippen LogP contribution in [-0.4, -0.2) is 43.6 Å². The highest BCUT2D eigenvalue weighted by Gasteiger charge is 2.28. The van der Waals surface area contributed by atoms with Gasteiger partial charge in [0, 0.05) is 26.2 Å². The van der Waals surface area contributed by atoms with E-state index in [2.05, 4.69) is 47.0 Å². The standard InChI is InChI=1S/C19H24N2O2/c22-19(13-20-10-11-23-15-19)14-21-12-16-6-8-18(9-7-16)17-4-2-1-3-5-17/h1-9,20-22H,10-15H2/t19-/m1/s1. The molecule has 1 aliphatic rings. The Hall–Kier alpha value is -1.72. The molecule has 1 saturated heterocycles. The summed E-state index contributed by atoms with van der Waals surface area (Å²) in [4.78, 5) is 0. The molecule has 2 aromatic rings. The Morgan fingerprint density at radius 3 is 2.57 bits per heavy atom. The number of rotatable bonds is 5. The van der Waals surface area contributed by atoms with Crippen molar-refractivity contribution in [2.24, 2.45) is 0 Å². The van der Waals surface area contributed by atoms with E-state index in [1.165, 1.54) is 16.7 Å². The minimum absolute atomic E-state index is 0.375. The number of hydrogen-bond donors (Lipinski definition) is 3. The Morgan fingerprint density at radius 2 is 1.78 bits per heavy atom. The lowest BCUT2D eigenvalue weighted by molar-refractivity contribution is -0.0264. The Morgan fingerprint density at radius 1 is 1.04 bits per heavy atom. The van der Waals surface area contributed by atoms with E-state index in [-0.39, 0.29) is 0 Å². The molecule has 0 amide bonds. The summed E-state index contributed by atoms with van der Waals surface area (Å²) in [7, 11) is 0. The molecule has 0 aromatic heterocycles. The molecule has 0 spiro atoms. The monoisotopic (exact) mass is 312 g/mol. The normalized spacial score (nSPS) is 21.8. The fraction of sp³-hybridized carbons (Fsp3) is 0.368. The van der Waals surface area contributed by atoms with Crippen molar-refractivity contribution < 1.29 is 9.84 Å². The number of β-amino-alcohol motifs (C(OH)–C–C–N with tert-alkyl or cyclic N) is 1. The summed E-state index contributed by atoms with van der Waals surface area (Å²) in [5.41, 5.74) is 2.81. The average Bonchev–Trinajstić information content (AvgIpc) is 2.81. The van der Waals surface area contributed by atoms with Gasteiger partial charge in [-0.3, -0.25) is 0 Å². The van der Waals surface area contributed by atoms with Crippen LogP contribution in [0, 0.1) is 0 Å². The molecule has 0 aliphatic carbocycles. The van der Waals surface area contributed by atoms with Gasteiger partial charge in [-0.15, -0.1) is 0 Å². The van der Waals surface area contributed by atoms with Crippen molar-refractivity contribution in [1.82, 2.24) is 10.6 Å². The van der Waals surface area contributed by atoms with Crippen LogP contribution in [0.2, 0.25) is 0 Å². The molecule has 1 atom stereocenters. The molecule has 23 heavy (non-hydrogen) atoms. The molecular weight excluding hydrogens is 288 g/mol. The highest BCUT2D eigenvalue weighted by molar-refractivity contribution is 5.63. The average molecular weight is 312 g/mol. The fourth-order valence-corrected chi connectivity index (χ4v) is 2.78. The van der Waals surface area contributed by atoms with Crippen molar-refractivity contribution >= 4 is 0 Å². The van der Waals surface area contributed by atoms with Crippen LogP contribution in [0.25, 0.3) is 11.1 Å². The second-order valence-electron chi connectivity index (χ2n) is 6.12. The van der Waals surface area contributed by atoms with Gasteiger partial charge in [0.15, 0.2) is 0 Å². The first kappa shape index (κ1) is 16.1. The highest BCUT2D eigenvalue weighted by atomic mass is 16.5. The van der Waals surface area contributed by atoms with Crippen molar-refractivity contribution in [3.63, 3.8) is 0 Å². The highest BCUT2D eigenvalue weighted by Crippen LogP contribution is 2.19. The van der Waals surface area contributed by atoms with E-state index in [0.29, 0.717) is 26.3 Å². The van der Waals surface area contributed by atoms with Gasteiger partial charge < -0.3 is 20.5 Å². The van der Waals surface area contributed by atoms with Gasteiger partial charge in [-0.1, -0.05) is 54.6 Å². The molecule has 0 unspecified atom stereocenters. The molecule has 1 aliphatic heterocycles. The summed E-state index contributed by atoms with van der Waals surface area (Å²) in [5, 5.41) is 17.0. The second kappa shape index (κ2) is 7.70. The Balaban J connectivity index is 1.52. The topological polar surface area (TPSA) is 53.5 Å². The van der Waals surface area contributed by atoms with Crippen LogP contribution in [0.1, 0.15) is 5.56 Å². The van der Waals surface area contributed by atoms with Gasteiger partial charge in [0.1, 0.15) is 5.60 Å². The van der Waals surface area contributed by atoms with Gasteiger partial charge in [-0.25, -0.2) is 0 Å². The van der Waals surface area contributed by atoms with Crippen molar-refractivity contribution in [2.75, 3.05) is 32.8 Å². The van der Waals surface area contributed by atoms with E-state index in [4.69, 9.17) is 4.74 Å². The first-order valence-electron chi connectivity index (χ1n) is 8.11. The van der Waals surface area contributed by atoms with Crippen molar-refractivity contribution in [2.45, 2.75) is 12.1 Å². The lowest BCUT2D eigenvalue weighted by Gasteiger charge is -2.26. The molecule has 2 aromatic carbocycles. The van der Waals surface area contributed by atoms with Gasteiger partial charge in [0.25, 0.3) is 0 Å². The molecule has 0 radical (unpaired) electrons. The van der Waals surface area contributed by atoms with Gasteiger partial charge in [-0.05, 0) is 16.7 Å². The molecule has 3 N–H and O–H groups in total. The molecule has 0 bridgehead atoms. The zero-order valence-electron chi connectivity index (χ0n) is 13.3. The quantitative estimate of drug-likeness (QED) is 0.788. The molecule has 4 heteroatoms. The van der Waals surface area contributed by atoms with Gasteiger partial charge in [0.05, 0.1) is 13.2 Å². The molecule has 0 saturated carbocycles. The fourth-order valence-electron chi connectivity index (χ4n) is 2.78. The first-order chi connectivity index (χ1) is 11.3. The third kappa shape index (κ3) is 4.62. The van der Waals surface area contributed by atoms with Gasteiger partial charge >= 0.3 is 0 Å². The zero-order chi connectivity index (χ0) is 16.0. The van der Waals surface area contributed by atoms with E-state index >= 15 is 0 Å². The zero-order valence-corrected chi connectivity index (χ0v) is 13.3. The number of ether oxygens (including phenoxy) is 1. The Labute approximate surface area is 137 Å². The summed E-state index contributed by atoms with van der Waals surface area (Å²) in [5.74, 6) is 0. The molecule has 3 rings (SSSR count). The molecular formula is C19H24N2O2. The van der Waals surface area contributed by atoms with Crippen LogP contribution in [0.5, 0.6) is 0 Å². The van der Waals surface area contributed by atoms with Crippen molar-refractivity contribution in [3.8, 4) is 11.1 Å². The molecule has 1 heterocycles. The van der Waals surface area contributed by atoms with Crippen molar-refractivity contribution in [1.29, 1.82) is 0 Å². The van der Waals surface area contributed by atoms with E-state index in [1.54, 1.807) is 0 Å². The summed E-state index contributed by atoms with van der Waals surface area (Å²) in [6.45, 7) is 3.64. The number of aliphatic hydroxyl groups is 1. The van der Waals surface area contributed by atoms with Crippen LogP contribution in [0.4, 0.5) is 0 Å². The van der Waals surface area contributed by atoms with E-state index in [9.17, 15) is 5.11 Å². The summed E-state index contributed by atoms with van der Waals surface area (Å²) < 4.78 is 5.43. The predicted octanol–water partition coefficient (Wildman–Crippen LogP) is 1.79.